The number of nitrogens with zero attached hydrogens (tertiary/aromatic N) is 1. The van der Waals surface area contributed by atoms with Gasteiger partial charge in [-0.1, -0.05) is 23.7 Å². The summed E-state index contributed by atoms with van der Waals surface area (Å²) in [6, 6.07) is 16.6. The first-order valence-electron chi connectivity index (χ1n) is 11.0. The molecule has 3 aromatic rings. The molecule has 0 saturated carbocycles. The molecule has 0 unspecified atom stereocenters. The van der Waals surface area contributed by atoms with Crippen LogP contribution in [0.4, 0.5) is 30.2 Å². The number of anilines is 3. The van der Waals surface area contributed by atoms with Gasteiger partial charge in [-0.3, -0.25) is 14.4 Å². The number of ether oxygens (including phenoxy) is 1. The predicted molar refractivity (Wildman–Crippen MR) is 132 cm³/mol. The van der Waals surface area contributed by atoms with Crippen molar-refractivity contribution in [1.29, 1.82) is 0 Å². The molecular formula is C26H19ClF3N3O4. The van der Waals surface area contributed by atoms with Gasteiger partial charge in [-0.25, -0.2) is 4.90 Å². The topological polar surface area (TPSA) is 87.7 Å². The minimum atomic E-state index is -4.63. The molecule has 2 N–H and O–H groups in total. The Bertz CT molecular complexity index is 1390. The summed E-state index contributed by atoms with van der Waals surface area (Å²) < 4.78 is 44.9. The molecule has 3 amide bonds. The van der Waals surface area contributed by atoms with Crippen LogP contribution in [0, 0.1) is 0 Å². The zero-order valence-electron chi connectivity index (χ0n) is 19.2. The molecule has 4 rings (SSSR count). The molecule has 0 fully saturated rings. The van der Waals surface area contributed by atoms with Crippen LogP contribution in [0.25, 0.3) is 0 Å². The number of imide groups is 1. The maximum absolute atomic E-state index is 13.2. The molecule has 0 saturated heterocycles. The number of amides is 3. The van der Waals surface area contributed by atoms with E-state index in [0.717, 1.165) is 17.0 Å². The molecule has 0 spiro atoms. The third-order valence-electron chi connectivity index (χ3n) is 5.33. The fourth-order valence-corrected chi connectivity index (χ4v) is 3.80. The summed E-state index contributed by atoms with van der Waals surface area (Å²) in [5.41, 5.74) is -0.785. The standard InChI is InChI=1S/C26H19ClF3N3O4/c1-2-37-18-13-11-17(12-14-18)33-24(35)21(27)22(25(33)36)31-16-9-7-15(8-10-16)23(34)32-20-6-4-3-5-19(20)26(28,29)30/h3-14,31H,2H2,1H3,(H,32,34). The Kier molecular flexibility index (Phi) is 7.21. The van der Waals surface area contributed by atoms with E-state index >= 15 is 0 Å². The summed E-state index contributed by atoms with van der Waals surface area (Å²) in [7, 11) is 0. The molecule has 1 heterocycles. The van der Waals surface area contributed by atoms with E-state index in [-0.39, 0.29) is 22.0 Å². The fraction of sp³-hybridized carbons (Fsp3) is 0.115. The predicted octanol–water partition coefficient (Wildman–Crippen LogP) is 5.79. The summed E-state index contributed by atoms with van der Waals surface area (Å²) in [6.07, 6.45) is -4.63. The van der Waals surface area contributed by atoms with Gasteiger partial charge in [0.1, 0.15) is 16.5 Å². The first-order chi connectivity index (χ1) is 17.6. The Morgan fingerprint density at radius 3 is 2.22 bits per heavy atom. The Labute approximate surface area is 214 Å². The third kappa shape index (κ3) is 5.44. The van der Waals surface area contributed by atoms with Gasteiger partial charge in [-0.15, -0.1) is 0 Å². The number of carbonyl (C=O) groups excluding carboxylic acids is 3. The molecule has 37 heavy (non-hydrogen) atoms. The third-order valence-corrected chi connectivity index (χ3v) is 5.68. The van der Waals surface area contributed by atoms with Gasteiger partial charge >= 0.3 is 6.18 Å². The molecule has 0 aromatic heterocycles. The van der Waals surface area contributed by atoms with Gasteiger partial charge < -0.3 is 15.4 Å². The van der Waals surface area contributed by atoms with Crippen molar-refractivity contribution in [3.63, 3.8) is 0 Å². The van der Waals surface area contributed by atoms with Crippen molar-refractivity contribution in [2.24, 2.45) is 0 Å². The SMILES string of the molecule is CCOc1ccc(N2C(=O)C(Cl)=C(Nc3ccc(C(=O)Nc4ccccc4C(F)(F)F)cc3)C2=O)cc1. The number of carbonyl (C=O) groups is 3. The smallest absolute Gasteiger partial charge is 0.418 e. The number of benzene rings is 3. The summed E-state index contributed by atoms with van der Waals surface area (Å²) in [5.74, 6) is -1.56. The van der Waals surface area contributed by atoms with Crippen molar-refractivity contribution in [3.8, 4) is 5.75 Å². The van der Waals surface area contributed by atoms with Crippen molar-refractivity contribution in [2.75, 3.05) is 22.1 Å². The number of halogens is 4. The number of rotatable bonds is 7. The van der Waals surface area contributed by atoms with E-state index in [1.54, 1.807) is 24.3 Å². The highest BCUT2D eigenvalue weighted by atomic mass is 35.5. The molecule has 1 aliphatic rings. The highest BCUT2D eigenvalue weighted by Crippen LogP contribution is 2.35. The maximum atomic E-state index is 13.2. The average Bonchev–Trinajstić information content (AvgIpc) is 3.08. The van der Waals surface area contributed by atoms with Gasteiger partial charge in [0, 0.05) is 11.3 Å². The summed E-state index contributed by atoms with van der Waals surface area (Å²) in [6.45, 7) is 2.29. The van der Waals surface area contributed by atoms with E-state index in [9.17, 15) is 27.6 Å². The molecule has 0 aliphatic carbocycles. The minimum Gasteiger partial charge on any atom is -0.494 e. The monoisotopic (exact) mass is 529 g/mol. The van der Waals surface area contributed by atoms with E-state index < -0.39 is 29.5 Å². The van der Waals surface area contributed by atoms with Crippen LogP contribution in [-0.4, -0.2) is 24.3 Å². The number of hydrogen-bond donors (Lipinski definition) is 2. The van der Waals surface area contributed by atoms with E-state index in [4.69, 9.17) is 16.3 Å². The van der Waals surface area contributed by atoms with Crippen LogP contribution in [0.3, 0.4) is 0 Å². The molecule has 7 nitrogen and oxygen atoms in total. The van der Waals surface area contributed by atoms with Crippen molar-refractivity contribution in [3.05, 3.63) is 94.7 Å². The normalized spacial score (nSPS) is 13.7. The molecular weight excluding hydrogens is 511 g/mol. The molecule has 1 aliphatic heterocycles. The zero-order chi connectivity index (χ0) is 26.7. The second kappa shape index (κ2) is 10.4. The number of alkyl halides is 3. The average molecular weight is 530 g/mol. The lowest BCUT2D eigenvalue weighted by atomic mass is 10.1. The number of hydrogen-bond acceptors (Lipinski definition) is 5. The van der Waals surface area contributed by atoms with Crippen LogP contribution in [-0.2, 0) is 15.8 Å². The molecule has 3 aromatic carbocycles. The first kappa shape index (κ1) is 25.8. The Balaban J connectivity index is 1.47. The maximum Gasteiger partial charge on any atom is 0.418 e. The zero-order valence-corrected chi connectivity index (χ0v) is 20.0. The van der Waals surface area contributed by atoms with Crippen molar-refractivity contribution >= 4 is 46.4 Å². The molecule has 190 valence electrons. The van der Waals surface area contributed by atoms with Crippen LogP contribution >= 0.6 is 11.6 Å². The van der Waals surface area contributed by atoms with Crippen LogP contribution in [0.1, 0.15) is 22.8 Å². The molecule has 0 atom stereocenters. The summed E-state index contributed by atoms with van der Waals surface area (Å²) >= 11 is 6.15. The Morgan fingerprint density at radius 2 is 1.59 bits per heavy atom. The minimum absolute atomic E-state index is 0.0763. The Morgan fingerprint density at radius 1 is 0.946 bits per heavy atom. The van der Waals surface area contributed by atoms with Crippen LogP contribution in [0.5, 0.6) is 5.75 Å². The molecule has 0 radical (unpaired) electrons. The van der Waals surface area contributed by atoms with Crippen LogP contribution < -0.4 is 20.3 Å². The van der Waals surface area contributed by atoms with Gasteiger partial charge in [0.25, 0.3) is 17.7 Å². The highest BCUT2D eigenvalue weighted by Gasteiger charge is 2.39. The lowest BCUT2D eigenvalue weighted by molar-refractivity contribution is -0.137. The largest absolute Gasteiger partial charge is 0.494 e. The lowest BCUT2D eigenvalue weighted by Crippen LogP contribution is -2.32. The number of para-hydroxylation sites is 1. The summed E-state index contributed by atoms with van der Waals surface area (Å²) in [4.78, 5) is 39.0. The highest BCUT2D eigenvalue weighted by molar-refractivity contribution is 6.53. The van der Waals surface area contributed by atoms with Gasteiger partial charge in [-0.05, 0) is 67.6 Å². The van der Waals surface area contributed by atoms with E-state index in [0.29, 0.717) is 23.7 Å². The van der Waals surface area contributed by atoms with E-state index in [1.165, 1.54) is 36.4 Å². The van der Waals surface area contributed by atoms with Gasteiger partial charge in [0.15, 0.2) is 0 Å². The van der Waals surface area contributed by atoms with E-state index in [2.05, 4.69) is 10.6 Å². The Hall–Kier alpha value is -4.31. The van der Waals surface area contributed by atoms with Crippen molar-refractivity contribution in [2.45, 2.75) is 13.1 Å². The second-order valence-electron chi connectivity index (χ2n) is 7.76. The van der Waals surface area contributed by atoms with Crippen molar-refractivity contribution in [1.82, 2.24) is 0 Å². The van der Waals surface area contributed by atoms with Gasteiger partial charge in [0.2, 0.25) is 0 Å². The van der Waals surface area contributed by atoms with Gasteiger partial charge in [0.05, 0.1) is 23.5 Å². The van der Waals surface area contributed by atoms with Gasteiger partial charge in [-0.2, -0.15) is 13.2 Å². The lowest BCUT2D eigenvalue weighted by Gasteiger charge is -2.16. The molecule has 0 bridgehead atoms. The quantitative estimate of drug-likeness (QED) is 0.378. The fourth-order valence-electron chi connectivity index (χ4n) is 3.59. The first-order valence-corrected chi connectivity index (χ1v) is 11.3. The van der Waals surface area contributed by atoms with E-state index in [1.807, 2.05) is 6.92 Å². The summed E-state index contributed by atoms with van der Waals surface area (Å²) in [5, 5.41) is 4.72. The van der Waals surface area contributed by atoms with Crippen LogP contribution in [0.15, 0.2) is 83.5 Å². The second-order valence-corrected chi connectivity index (χ2v) is 8.14. The number of nitrogens with one attached hydrogen (secondary N) is 2. The molecule has 11 heteroatoms. The van der Waals surface area contributed by atoms with Crippen molar-refractivity contribution < 1.29 is 32.3 Å². The van der Waals surface area contributed by atoms with Crippen LogP contribution in [0.2, 0.25) is 0 Å².